The molecule has 1 aliphatic rings. The van der Waals surface area contributed by atoms with Crippen LogP contribution < -0.4 is 5.32 Å². The first-order valence-electron chi connectivity index (χ1n) is 41.4. The van der Waals surface area contributed by atoms with E-state index in [0.29, 0.717) is 19.4 Å². The van der Waals surface area contributed by atoms with E-state index in [2.05, 4.69) is 55.6 Å². The van der Waals surface area contributed by atoms with Gasteiger partial charge in [0, 0.05) is 12.8 Å². The molecule has 0 radical (unpaired) electrons. The maximum atomic E-state index is 13.1. The minimum Gasteiger partial charge on any atom is -0.466 e. The number of hydrogen-bond acceptors (Lipinski definition) is 10. The van der Waals surface area contributed by atoms with Gasteiger partial charge < -0.3 is 45.1 Å². The summed E-state index contributed by atoms with van der Waals surface area (Å²) in [6.45, 7) is 4.38. The molecule has 11 heteroatoms. The first kappa shape index (κ1) is 90.6. The Morgan fingerprint density at radius 1 is 0.389 bits per heavy atom. The molecule has 11 nitrogen and oxygen atoms in total. The van der Waals surface area contributed by atoms with Crippen LogP contribution in [0.2, 0.25) is 0 Å². The quantitative estimate of drug-likeness (QED) is 0.0195. The van der Waals surface area contributed by atoms with Crippen LogP contribution in [-0.2, 0) is 23.8 Å². The molecule has 0 aromatic carbocycles. The molecule has 558 valence electrons. The summed E-state index contributed by atoms with van der Waals surface area (Å²) in [4.78, 5) is 25.2. The topological polar surface area (TPSA) is 175 Å². The number of allylic oxidation sites excluding steroid dienone is 7. The Hall–Kier alpha value is -2.38. The smallest absolute Gasteiger partial charge is 0.305 e. The number of unbranched alkanes of at least 4 members (excludes halogenated alkanes) is 54. The summed E-state index contributed by atoms with van der Waals surface area (Å²) in [5.41, 5.74) is 0. The van der Waals surface area contributed by atoms with E-state index in [1.54, 1.807) is 6.08 Å². The van der Waals surface area contributed by atoms with Crippen molar-refractivity contribution in [1.29, 1.82) is 0 Å². The first-order chi connectivity index (χ1) is 46.7. The SMILES string of the molecule is CCCCCCCC/C=C\CCCCCCCCCC(=O)OCCCCCCCCCCCCCCCCC/C=C\C/C=C\CCCCCCCCCCCCCCCCCCCC(=O)NC(COC1OC(CO)C(O)C(O)C1O)C(O)/C=C/CCCCCCCCCCC. The lowest BCUT2D eigenvalue weighted by Gasteiger charge is -2.40. The van der Waals surface area contributed by atoms with Gasteiger partial charge in [0.1, 0.15) is 24.4 Å². The largest absolute Gasteiger partial charge is 0.466 e. The second-order valence-corrected chi connectivity index (χ2v) is 28.8. The molecule has 0 spiro atoms. The van der Waals surface area contributed by atoms with Gasteiger partial charge in [0.15, 0.2) is 6.29 Å². The molecule has 95 heavy (non-hydrogen) atoms. The molecule has 7 unspecified atom stereocenters. The van der Waals surface area contributed by atoms with E-state index in [4.69, 9.17) is 14.2 Å². The lowest BCUT2D eigenvalue weighted by atomic mass is 9.99. The number of carbonyl (C=O) groups is 2. The predicted octanol–water partition coefficient (Wildman–Crippen LogP) is 22.6. The fraction of sp³-hybridized carbons (Fsp3) is 0.881. The molecule has 1 aliphatic heterocycles. The molecular formula is C84H157NO10. The molecule has 1 saturated heterocycles. The van der Waals surface area contributed by atoms with Gasteiger partial charge in [0.2, 0.25) is 5.91 Å². The Kier molecular flexibility index (Phi) is 69.5. The van der Waals surface area contributed by atoms with Crippen LogP contribution in [0.25, 0.3) is 0 Å². The van der Waals surface area contributed by atoms with Crippen molar-refractivity contribution in [2.24, 2.45) is 0 Å². The van der Waals surface area contributed by atoms with Crippen molar-refractivity contribution in [3.63, 3.8) is 0 Å². The van der Waals surface area contributed by atoms with Gasteiger partial charge in [-0.15, -0.1) is 0 Å². The van der Waals surface area contributed by atoms with E-state index in [9.17, 15) is 35.1 Å². The van der Waals surface area contributed by atoms with Gasteiger partial charge in [-0.2, -0.15) is 0 Å². The highest BCUT2D eigenvalue weighted by molar-refractivity contribution is 5.76. The average molecular weight is 1340 g/mol. The minimum atomic E-state index is -1.57. The molecular weight excluding hydrogens is 1180 g/mol. The lowest BCUT2D eigenvalue weighted by Crippen LogP contribution is -2.60. The maximum absolute atomic E-state index is 13.1. The molecule has 1 heterocycles. The van der Waals surface area contributed by atoms with Crippen LogP contribution in [0.5, 0.6) is 0 Å². The molecule has 1 amide bonds. The third-order valence-electron chi connectivity index (χ3n) is 19.7. The number of carbonyl (C=O) groups excluding carboxylic acids is 2. The standard InChI is InChI=1S/C84H157NO10/c1-3-5-7-9-11-13-15-16-17-41-45-48-52-56-60-64-68-72-80(89)93-73-69-65-61-57-53-49-46-43-40-38-36-34-32-30-28-26-24-22-20-18-19-21-23-25-27-29-31-33-35-37-39-42-44-47-51-55-59-63-67-71-79(88)85-76(75-94-84-83(92)82(91)81(90)78(74-86)95-84)77(87)70-66-62-58-54-50-14-12-10-8-6-4-2/h16-19,22,24,66,70,76-78,81-84,86-87,90-92H,3-15,20-21,23,25-65,67-69,71-75H2,1-2H3,(H,85,88)/b17-16-,19-18-,24-22-,70-66+. The summed E-state index contributed by atoms with van der Waals surface area (Å²) in [7, 11) is 0. The van der Waals surface area contributed by atoms with Crippen molar-refractivity contribution < 1.29 is 49.3 Å². The Bertz CT molecular complexity index is 1720. The van der Waals surface area contributed by atoms with Crippen LogP contribution in [0, 0.1) is 0 Å². The normalized spacial score (nSPS) is 17.6. The number of amides is 1. The van der Waals surface area contributed by atoms with Crippen molar-refractivity contribution in [2.45, 2.75) is 455 Å². The third kappa shape index (κ3) is 61.2. The number of ether oxygens (including phenoxy) is 3. The van der Waals surface area contributed by atoms with Gasteiger partial charge >= 0.3 is 5.97 Å². The molecule has 7 atom stereocenters. The summed E-state index contributed by atoms with van der Waals surface area (Å²) in [5, 5.41) is 54.5. The van der Waals surface area contributed by atoms with Crippen LogP contribution in [-0.4, -0.2) is 100 Å². The minimum absolute atomic E-state index is 0.0118. The zero-order valence-electron chi connectivity index (χ0n) is 62.4. The van der Waals surface area contributed by atoms with Crippen LogP contribution >= 0.6 is 0 Å². The molecule has 1 fully saturated rings. The monoisotopic (exact) mass is 1340 g/mol. The molecule has 0 bridgehead atoms. The second kappa shape index (κ2) is 72.9. The van der Waals surface area contributed by atoms with Crippen LogP contribution in [0.15, 0.2) is 48.6 Å². The molecule has 0 aromatic heterocycles. The van der Waals surface area contributed by atoms with E-state index >= 15 is 0 Å². The van der Waals surface area contributed by atoms with Gasteiger partial charge in [0.05, 0.1) is 32.0 Å². The summed E-state index contributed by atoms with van der Waals surface area (Å²) in [6, 6.07) is -0.807. The van der Waals surface area contributed by atoms with E-state index in [0.717, 1.165) is 64.2 Å². The van der Waals surface area contributed by atoms with Crippen molar-refractivity contribution in [3.8, 4) is 0 Å². The van der Waals surface area contributed by atoms with Crippen molar-refractivity contribution in [2.75, 3.05) is 19.8 Å². The molecule has 0 saturated carbocycles. The van der Waals surface area contributed by atoms with Crippen molar-refractivity contribution >= 4 is 11.9 Å². The molecule has 0 aliphatic carbocycles. The number of aliphatic hydroxyl groups is 5. The Balaban J connectivity index is 1.87. The number of rotatable bonds is 74. The van der Waals surface area contributed by atoms with Crippen LogP contribution in [0.3, 0.4) is 0 Å². The van der Waals surface area contributed by atoms with Gasteiger partial charge in [-0.3, -0.25) is 9.59 Å². The summed E-state index contributed by atoms with van der Waals surface area (Å²) >= 11 is 0. The second-order valence-electron chi connectivity index (χ2n) is 28.8. The maximum Gasteiger partial charge on any atom is 0.305 e. The van der Waals surface area contributed by atoms with Crippen molar-refractivity contribution in [1.82, 2.24) is 5.32 Å². The number of nitrogens with one attached hydrogen (secondary N) is 1. The number of esters is 1. The summed E-state index contributed by atoms with van der Waals surface area (Å²) in [5.74, 6) is -0.166. The Labute approximate surface area is 586 Å². The molecule has 6 N–H and O–H groups in total. The first-order valence-corrected chi connectivity index (χ1v) is 41.4. The zero-order valence-corrected chi connectivity index (χ0v) is 62.4. The number of aliphatic hydroxyl groups excluding tert-OH is 5. The van der Waals surface area contributed by atoms with E-state index in [1.807, 2.05) is 6.08 Å². The average Bonchev–Trinajstić information content (AvgIpc) is 0.846. The van der Waals surface area contributed by atoms with Gasteiger partial charge in [-0.1, -0.05) is 358 Å². The number of hydrogen-bond donors (Lipinski definition) is 6. The highest BCUT2D eigenvalue weighted by Gasteiger charge is 2.44. The zero-order chi connectivity index (χ0) is 68.6. The summed E-state index contributed by atoms with van der Waals surface area (Å²) < 4.78 is 16.8. The highest BCUT2D eigenvalue weighted by Crippen LogP contribution is 2.24. The van der Waals surface area contributed by atoms with E-state index in [-0.39, 0.29) is 18.5 Å². The van der Waals surface area contributed by atoms with Gasteiger partial charge in [-0.05, 0) is 89.9 Å². The lowest BCUT2D eigenvalue weighted by molar-refractivity contribution is -0.302. The molecule has 0 aromatic rings. The van der Waals surface area contributed by atoms with Crippen LogP contribution in [0.1, 0.15) is 412 Å². The van der Waals surface area contributed by atoms with Gasteiger partial charge in [0.25, 0.3) is 0 Å². The Morgan fingerprint density at radius 2 is 0.705 bits per heavy atom. The van der Waals surface area contributed by atoms with E-state index < -0.39 is 49.5 Å². The highest BCUT2D eigenvalue weighted by atomic mass is 16.7. The Morgan fingerprint density at radius 3 is 1.07 bits per heavy atom. The van der Waals surface area contributed by atoms with Crippen LogP contribution in [0.4, 0.5) is 0 Å². The van der Waals surface area contributed by atoms with E-state index in [1.165, 1.54) is 321 Å². The molecule has 1 rings (SSSR count). The fourth-order valence-electron chi connectivity index (χ4n) is 13.2. The fourth-order valence-corrected chi connectivity index (χ4v) is 13.2. The summed E-state index contributed by atoms with van der Waals surface area (Å²) in [6.07, 6.45) is 87.3. The predicted molar refractivity (Wildman–Crippen MR) is 403 cm³/mol. The third-order valence-corrected chi connectivity index (χ3v) is 19.7. The van der Waals surface area contributed by atoms with Crippen molar-refractivity contribution in [3.05, 3.63) is 48.6 Å². The van der Waals surface area contributed by atoms with Gasteiger partial charge in [-0.25, -0.2) is 0 Å².